The second-order valence-electron chi connectivity index (χ2n) is 4.32. The van der Waals surface area contributed by atoms with Crippen molar-refractivity contribution in [1.82, 2.24) is 4.90 Å². The van der Waals surface area contributed by atoms with Crippen LogP contribution >= 0.6 is 15.9 Å². The van der Waals surface area contributed by atoms with Gasteiger partial charge in [-0.1, -0.05) is 28.1 Å². The van der Waals surface area contributed by atoms with Crippen LogP contribution in [0.2, 0.25) is 0 Å². The Bertz CT molecular complexity index is 340. The Balaban J connectivity index is 2.13. The maximum atomic E-state index is 5.74. The lowest BCUT2D eigenvalue weighted by atomic mass is 9.96. The lowest BCUT2D eigenvalue weighted by Crippen LogP contribution is -2.31. The quantitative estimate of drug-likeness (QED) is 0.891. The molecule has 0 aliphatic carbocycles. The van der Waals surface area contributed by atoms with Gasteiger partial charge in [0.25, 0.3) is 0 Å². The third kappa shape index (κ3) is 2.41. The Morgan fingerprint density at radius 1 is 1.53 bits per heavy atom. The number of likely N-dealkylation sites (N-methyl/N-ethyl adjacent to an activating group) is 1. The predicted octanol–water partition coefficient (Wildman–Crippen LogP) is 2.20. The molecule has 0 spiro atoms. The number of halogens is 1. The molecule has 0 aromatic heterocycles. The van der Waals surface area contributed by atoms with Crippen molar-refractivity contribution in [3.8, 4) is 0 Å². The minimum atomic E-state index is 0.550. The number of hydrogen-bond donors (Lipinski definition) is 1. The maximum absolute atomic E-state index is 5.74. The molecule has 3 heteroatoms. The van der Waals surface area contributed by atoms with Gasteiger partial charge >= 0.3 is 0 Å². The highest BCUT2D eigenvalue weighted by molar-refractivity contribution is 9.10. The van der Waals surface area contributed by atoms with Crippen LogP contribution in [0.1, 0.15) is 17.9 Å². The summed E-state index contributed by atoms with van der Waals surface area (Å²) in [7, 11) is 2.16. The lowest BCUT2D eigenvalue weighted by molar-refractivity contribution is 0.316. The second-order valence-corrected chi connectivity index (χ2v) is 5.23. The predicted molar refractivity (Wildman–Crippen MR) is 67.0 cm³/mol. The van der Waals surface area contributed by atoms with Crippen LogP contribution in [-0.2, 0) is 0 Å². The van der Waals surface area contributed by atoms with Crippen LogP contribution in [0.25, 0.3) is 0 Å². The van der Waals surface area contributed by atoms with Gasteiger partial charge in [0.1, 0.15) is 0 Å². The molecule has 0 bridgehead atoms. The summed E-state index contributed by atoms with van der Waals surface area (Å²) < 4.78 is 1.17. The van der Waals surface area contributed by atoms with E-state index in [1.807, 2.05) is 0 Å². The number of nitrogens with two attached hydrogens (primary N) is 1. The molecule has 0 amide bonds. The zero-order valence-corrected chi connectivity index (χ0v) is 10.6. The Morgan fingerprint density at radius 2 is 2.33 bits per heavy atom. The van der Waals surface area contributed by atoms with Crippen molar-refractivity contribution in [3.05, 3.63) is 34.3 Å². The number of likely N-dealkylation sites (tertiary alicyclic amines) is 1. The van der Waals surface area contributed by atoms with Crippen molar-refractivity contribution in [2.45, 2.75) is 18.4 Å². The van der Waals surface area contributed by atoms with E-state index in [0.29, 0.717) is 12.0 Å². The molecule has 1 heterocycles. The molecule has 15 heavy (non-hydrogen) atoms. The summed E-state index contributed by atoms with van der Waals surface area (Å²) in [6.07, 6.45) is 1.18. The zero-order valence-electron chi connectivity index (χ0n) is 8.99. The van der Waals surface area contributed by atoms with E-state index in [1.54, 1.807) is 0 Å². The van der Waals surface area contributed by atoms with Crippen molar-refractivity contribution in [3.63, 3.8) is 0 Å². The maximum Gasteiger partial charge on any atom is 0.0221 e. The van der Waals surface area contributed by atoms with E-state index in [9.17, 15) is 0 Å². The van der Waals surface area contributed by atoms with Gasteiger partial charge in [-0.3, -0.25) is 0 Å². The van der Waals surface area contributed by atoms with E-state index in [1.165, 1.54) is 16.5 Å². The summed E-state index contributed by atoms with van der Waals surface area (Å²) >= 11 is 3.52. The lowest BCUT2D eigenvalue weighted by Gasteiger charge is -2.15. The highest BCUT2D eigenvalue weighted by atomic mass is 79.9. The van der Waals surface area contributed by atoms with E-state index in [0.717, 1.165) is 13.1 Å². The van der Waals surface area contributed by atoms with Gasteiger partial charge in [0.2, 0.25) is 0 Å². The Morgan fingerprint density at radius 3 is 2.93 bits per heavy atom. The van der Waals surface area contributed by atoms with Crippen LogP contribution < -0.4 is 5.73 Å². The van der Waals surface area contributed by atoms with Gasteiger partial charge in [0.15, 0.2) is 0 Å². The number of benzene rings is 1. The van der Waals surface area contributed by atoms with Gasteiger partial charge in [-0.05, 0) is 37.1 Å². The third-order valence-electron chi connectivity index (χ3n) is 3.28. The highest BCUT2D eigenvalue weighted by Gasteiger charge is 2.29. The standard InChI is InChI=1S/C12H17BrN2/c1-15-8-10(6-12(15)7-14)9-3-2-4-11(13)5-9/h2-5,10,12H,6-8,14H2,1H3. The van der Waals surface area contributed by atoms with Crippen LogP contribution in [0.4, 0.5) is 0 Å². The fraction of sp³-hybridized carbons (Fsp3) is 0.500. The van der Waals surface area contributed by atoms with Crippen molar-refractivity contribution in [2.75, 3.05) is 20.1 Å². The summed E-state index contributed by atoms with van der Waals surface area (Å²) in [6.45, 7) is 1.89. The molecule has 1 aliphatic rings. The molecule has 0 radical (unpaired) electrons. The molecule has 2 rings (SSSR count). The minimum absolute atomic E-state index is 0.550. The Labute approximate surface area is 99.6 Å². The van der Waals surface area contributed by atoms with E-state index in [-0.39, 0.29) is 0 Å². The van der Waals surface area contributed by atoms with Crippen LogP contribution in [0.15, 0.2) is 28.7 Å². The minimum Gasteiger partial charge on any atom is -0.329 e. The number of nitrogens with zero attached hydrogens (tertiary/aromatic N) is 1. The van der Waals surface area contributed by atoms with Gasteiger partial charge in [-0.25, -0.2) is 0 Å². The normalized spacial score (nSPS) is 27.1. The van der Waals surface area contributed by atoms with Gasteiger partial charge in [-0.15, -0.1) is 0 Å². The van der Waals surface area contributed by atoms with Crippen molar-refractivity contribution >= 4 is 15.9 Å². The van der Waals surface area contributed by atoms with E-state index < -0.39 is 0 Å². The molecule has 1 aliphatic heterocycles. The molecule has 2 atom stereocenters. The highest BCUT2D eigenvalue weighted by Crippen LogP contribution is 2.31. The number of rotatable bonds is 2. The first-order valence-corrected chi connectivity index (χ1v) is 6.15. The SMILES string of the molecule is CN1CC(c2cccc(Br)c2)CC1CN. The molecule has 1 fully saturated rings. The van der Waals surface area contributed by atoms with Crippen LogP contribution in [-0.4, -0.2) is 31.1 Å². The summed E-state index contributed by atoms with van der Waals surface area (Å²) in [4.78, 5) is 2.37. The first kappa shape index (κ1) is 11.1. The molecule has 2 N–H and O–H groups in total. The van der Waals surface area contributed by atoms with Crippen LogP contribution in [0.3, 0.4) is 0 Å². The topological polar surface area (TPSA) is 29.3 Å². The molecule has 1 aromatic carbocycles. The largest absolute Gasteiger partial charge is 0.329 e. The molecule has 1 aromatic rings. The van der Waals surface area contributed by atoms with Gasteiger partial charge < -0.3 is 10.6 Å². The second kappa shape index (κ2) is 4.64. The molecule has 82 valence electrons. The molecule has 1 saturated heterocycles. The average molecular weight is 269 g/mol. The number of hydrogen-bond acceptors (Lipinski definition) is 2. The summed E-state index contributed by atoms with van der Waals surface area (Å²) in [5.74, 6) is 0.640. The monoisotopic (exact) mass is 268 g/mol. The third-order valence-corrected chi connectivity index (χ3v) is 3.77. The van der Waals surface area contributed by atoms with Crippen molar-refractivity contribution in [1.29, 1.82) is 0 Å². The van der Waals surface area contributed by atoms with Crippen molar-refractivity contribution < 1.29 is 0 Å². The molecule has 0 saturated carbocycles. The fourth-order valence-electron chi connectivity index (χ4n) is 2.36. The Hall–Kier alpha value is -0.380. The van der Waals surface area contributed by atoms with E-state index in [4.69, 9.17) is 5.73 Å². The van der Waals surface area contributed by atoms with Gasteiger partial charge in [-0.2, -0.15) is 0 Å². The summed E-state index contributed by atoms with van der Waals surface area (Å²) in [6, 6.07) is 9.16. The van der Waals surface area contributed by atoms with Crippen LogP contribution in [0, 0.1) is 0 Å². The van der Waals surface area contributed by atoms with Crippen molar-refractivity contribution in [2.24, 2.45) is 5.73 Å². The van der Waals surface area contributed by atoms with E-state index >= 15 is 0 Å². The zero-order chi connectivity index (χ0) is 10.8. The molecular formula is C12H17BrN2. The Kier molecular flexibility index (Phi) is 3.44. The molecular weight excluding hydrogens is 252 g/mol. The molecule has 2 nitrogen and oxygen atoms in total. The first-order valence-electron chi connectivity index (χ1n) is 5.36. The van der Waals surface area contributed by atoms with Crippen LogP contribution in [0.5, 0.6) is 0 Å². The van der Waals surface area contributed by atoms with E-state index in [2.05, 4.69) is 52.1 Å². The smallest absolute Gasteiger partial charge is 0.0221 e. The summed E-state index contributed by atoms with van der Waals surface area (Å²) in [5, 5.41) is 0. The molecule has 2 unspecified atom stereocenters. The van der Waals surface area contributed by atoms with Gasteiger partial charge in [0, 0.05) is 23.6 Å². The fourth-order valence-corrected chi connectivity index (χ4v) is 2.77. The average Bonchev–Trinajstić information content (AvgIpc) is 2.60. The van der Waals surface area contributed by atoms with Gasteiger partial charge in [0.05, 0.1) is 0 Å². The summed E-state index contributed by atoms with van der Waals surface area (Å²) in [5.41, 5.74) is 7.17. The first-order chi connectivity index (χ1) is 7.20.